The van der Waals surface area contributed by atoms with Gasteiger partial charge in [0.1, 0.15) is 0 Å². The first-order chi connectivity index (χ1) is 16.0. The number of nitriles is 1. The number of nitrogens with zero attached hydrogens (tertiary/aromatic N) is 4. The fourth-order valence-electron chi connectivity index (χ4n) is 4.51. The Balaban J connectivity index is 1.41. The van der Waals surface area contributed by atoms with Gasteiger partial charge in [0.15, 0.2) is 0 Å². The molecule has 0 aliphatic carbocycles. The standard InChI is InChI=1S/C25H30N4O3S/c26-20-21-6-10-23(11-7-21)27-14-5-15-28(19-18-27)25(30)22-8-12-24(13-9-22)33(31,32)29-16-3-1-2-4-17-29/h6-13H,1-5,14-19H2. The van der Waals surface area contributed by atoms with Crippen molar-refractivity contribution in [3.63, 3.8) is 0 Å². The smallest absolute Gasteiger partial charge is 0.253 e. The molecule has 0 aromatic heterocycles. The zero-order chi connectivity index (χ0) is 23.3. The van der Waals surface area contributed by atoms with Crippen LogP contribution in [-0.2, 0) is 10.0 Å². The molecule has 2 aromatic rings. The normalized spacial score (nSPS) is 18.3. The topological polar surface area (TPSA) is 84.7 Å². The predicted molar refractivity (Wildman–Crippen MR) is 128 cm³/mol. The van der Waals surface area contributed by atoms with Crippen LogP contribution in [0.1, 0.15) is 48.0 Å². The number of benzene rings is 2. The molecule has 2 aromatic carbocycles. The Labute approximate surface area is 196 Å². The summed E-state index contributed by atoms with van der Waals surface area (Å²) in [7, 11) is -3.52. The van der Waals surface area contributed by atoms with Gasteiger partial charge < -0.3 is 9.80 Å². The third kappa shape index (κ3) is 5.37. The van der Waals surface area contributed by atoms with Gasteiger partial charge >= 0.3 is 0 Å². The van der Waals surface area contributed by atoms with E-state index in [1.807, 2.05) is 29.2 Å². The number of carbonyl (C=O) groups is 1. The first-order valence-electron chi connectivity index (χ1n) is 11.6. The van der Waals surface area contributed by atoms with E-state index < -0.39 is 10.0 Å². The molecule has 2 aliphatic heterocycles. The molecule has 0 unspecified atom stereocenters. The number of carbonyl (C=O) groups excluding carboxylic acids is 1. The zero-order valence-corrected chi connectivity index (χ0v) is 19.6. The fourth-order valence-corrected chi connectivity index (χ4v) is 6.03. The highest BCUT2D eigenvalue weighted by molar-refractivity contribution is 7.89. The second-order valence-corrected chi connectivity index (χ2v) is 10.6. The molecule has 1 amide bonds. The monoisotopic (exact) mass is 466 g/mol. The van der Waals surface area contributed by atoms with Crippen molar-refractivity contribution < 1.29 is 13.2 Å². The largest absolute Gasteiger partial charge is 0.370 e. The Morgan fingerprint density at radius 2 is 1.42 bits per heavy atom. The van der Waals surface area contributed by atoms with Crippen LogP contribution in [0.15, 0.2) is 53.4 Å². The van der Waals surface area contributed by atoms with E-state index in [0.717, 1.165) is 44.3 Å². The van der Waals surface area contributed by atoms with Crippen LogP contribution in [0.3, 0.4) is 0 Å². The maximum absolute atomic E-state index is 13.1. The lowest BCUT2D eigenvalue weighted by Gasteiger charge is -2.24. The summed E-state index contributed by atoms with van der Waals surface area (Å²) in [5.74, 6) is -0.0737. The highest BCUT2D eigenvalue weighted by Crippen LogP contribution is 2.22. The second-order valence-electron chi connectivity index (χ2n) is 8.63. The molecule has 0 radical (unpaired) electrons. The van der Waals surface area contributed by atoms with Gasteiger partial charge in [-0.25, -0.2) is 8.42 Å². The van der Waals surface area contributed by atoms with Crippen molar-refractivity contribution >= 4 is 21.6 Å². The SMILES string of the molecule is N#Cc1ccc(N2CCCN(C(=O)c3ccc(S(=O)(=O)N4CCCCCC4)cc3)CC2)cc1. The lowest BCUT2D eigenvalue weighted by atomic mass is 10.2. The van der Waals surface area contributed by atoms with Gasteiger partial charge in [-0.05, 0) is 67.8 Å². The van der Waals surface area contributed by atoms with Crippen LogP contribution in [0.5, 0.6) is 0 Å². The summed E-state index contributed by atoms with van der Waals surface area (Å²) in [4.78, 5) is 17.4. The van der Waals surface area contributed by atoms with Gasteiger partial charge in [-0.15, -0.1) is 0 Å². The Kier molecular flexibility index (Phi) is 7.31. The summed E-state index contributed by atoms with van der Waals surface area (Å²) in [6.07, 6.45) is 4.76. The van der Waals surface area contributed by atoms with E-state index in [2.05, 4.69) is 11.0 Å². The van der Waals surface area contributed by atoms with Crippen molar-refractivity contribution in [1.82, 2.24) is 9.21 Å². The van der Waals surface area contributed by atoms with Crippen LogP contribution in [0.4, 0.5) is 5.69 Å². The van der Waals surface area contributed by atoms with Gasteiger partial charge in [0.05, 0.1) is 16.5 Å². The molecule has 2 fully saturated rings. The quantitative estimate of drug-likeness (QED) is 0.689. The van der Waals surface area contributed by atoms with Crippen LogP contribution < -0.4 is 4.90 Å². The molecule has 8 heteroatoms. The van der Waals surface area contributed by atoms with E-state index >= 15 is 0 Å². The maximum atomic E-state index is 13.1. The summed E-state index contributed by atoms with van der Waals surface area (Å²) < 4.78 is 27.5. The number of anilines is 1. The highest BCUT2D eigenvalue weighted by Gasteiger charge is 2.26. The average Bonchev–Trinajstić information content (AvgIpc) is 3.28. The minimum Gasteiger partial charge on any atom is -0.370 e. The van der Waals surface area contributed by atoms with Crippen molar-refractivity contribution in [1.29, 1.82) is 5.26 Å². The molecule has 0 saturated carbocycles. The molecular formula is C25H30N4O3S. The van der Waals surface area contributed by atoms with Gasteiger partial charge in [-0.2, -0.15) is 9.57 Å². The van der Waals surface area contributed by atoms with Crippen molar-refractivity contribution in [3.8, 4) is 6.07 Å². The Morgan fingerprint density at radius 3 is 2.06 bits per heavy atom. The summed E-state index contributed by atoms with van der Waals surface area (Å²) >= 11 is 0. The molecule has 0 N–H and O–H groups in total. The number of sulfonamides is 1. The van der Waals surface area contributed by atoms with E-state index in [1.54, 1.807) is 28.6 Å². The van der Waals surface area contributed by atoms with Crippen LogP contribution >= 0.6 is 0 Å². The molecule has 0 spiro atoms. The highest BCUT2D eigenvalue weighted by atomic mass is 32.2. The predicted octanol–water partition coefficient (Wildman–Crippen LogP) is 3.48. The fraction of sp³-hybridized carbons (Fsp3) is 0.440. The van der Waals surface area contributed by atoms with E-state index in [-0.39, 0.29) is 10.8 Å². The van der Waals surface area contributed by atoms with Crippen molar-refractivity contribution in [2.24, 2.45) is 0 Å². The number of amides is 1. The number of hydrogen-bond acceptors (Lipinski definition) is 5. The first kappa shape index (κ1) is 23.3. The van der Waals surface area contributed by atoms with E-state index in [1.165, 1.54) is 0 Å². The Bertz CT molecular complexity index is 1100. The molecule has 0 atom stereocenters. The van der Waals surface area contributed by atoms with Gasteiger partial charge in [0, 0.05) is 50.5 Å². The Morgan fingerprint density at radius 1 is 0.758 bits per heavy atom. The molecule has 2 aliphatic rings. The zero-order valence-electron chi connectivity index (χ0n) is 18.8. The third-order valence-corrected chi connectivity index (χ3v) is 8.36. The summed E-state index contributed by atoms with van der Waals surface area (Å²) in [6, 6.07) is 16.0. The minimum atomic E-state index is -3.52. The minimum absolute atomic E-state index is 0.0737. The maximum Gasteiger partial charge on any atom is 0.253 e. The molecule has 4 rings (SSSR count). The van der Waals surface area contributed by atoms with Crippen LogP contribution in [-0.4, -0.2) is 62.8 Å². The molecule has 2 heterocycles. The number of rotatable bonds is 4. The molecule has 2 saturated heterocycles. The van der Waals surface area contributed by atoms with E-state index in [0.29, 0.717) is 43.9 Å². The van der Waals surface area contributed by atoms with Gasteiger partial charge in [-0.3, -0.25) is 4.79 Å². The summed E-state index contributed by atoms with van der Waals surface area (Å²) in [6.45, 7) is 3.91. The number of hydrogen-bond donors (Lipinski definition) is 0. The molecule has 7 nitrogen and oxygen atoms in total. The summed E-state index contributed by atoms with van der Waals surface area (Å²) in [5, 5.41) is 8.98. The van der Waals surface area contributed by atoms with Crippen LogP contribution in [0, 0.1) is 11.3 Å². The molecular weight excluding hydrogens is 436 g/mol. The van der Waals surface area contributed by atoms with E-state index in [4.69, 9.17) is 5.26 Å². The van der Waals surface area contributed by atoms with Crippen molar-refractivity contribution in [2.45, 2.75) is 37.0 Å². The molecule has 0 bridgehead atoms. The molecule has 33 heavy (non-hydrogen) atoms. The lowest BCUT2D eigenvalue weighted by Crippen LogP contribution is -2.35. The Hall–Kier alpha value is -2.89. The average molecular weight is 467 g/mol. The lowest BCUT2D eigenvalue weighted by molar-refractivity contribution is 0.0767. The van der Waals surface area contributed by atoms with Crippen LogP contribution in [0.25, 0.3) is 0 Å². The first-order valence-corrected chi connectivity index (χ1v) is 13.1. The van der Waals surface area contributed by atoms with Gasteiger partial charge in [0.25, 0.3) is 5.91 Å². The second kappa shape index (κ2) is 10.4. The molecule has 174 valence electrons. The van der Waals surface area contributed by atoms with Gasteiger partial charge in [-0.1, -0.05) is 12.8 Å². The van der Waals surface area contributed by atoms with Crippen molar-refractivity contribution in [3.05, 3.63) is 59.7 Å². The van der Waals surface area contributed by atoms with Crippen molar-refractivity contribution in [2.75, 3.05) is 44.2 Å². The summed E-state index contributed by atoms with van der Waals surface area (Å²) in [5.41, 5.74) is 2.19. The van der Waals surface area contributed by atoms with Gasteiger partial charge in [0.2, 0.25) is 10.0 Å². The third-order valence-electron chi connectivity index (χ3n) is 6.45. The van der Waals surface area contributed by atoms with E-state index in [9.17, 15) is 13.2 Å². The van der Waals surface area contributed by atoms with Crippen LogP contribution in [0.2, 0.25) is 0 Å².